The van der Waals surface area contributed by atoms with Gasteiger partial charge in [-0.3, -0.25) is 4.57 Å². The number of aromatic nitrogens is 3. The molecule has 0 radical (unpaired) electrons. The quantitative estimate of drug-likeness (QED) is 0.201. The van der Waals surface area contributed by atoms with E-state index in [4.69, 9.17) is 14.4 Å². The first-order valence-electron chi connectivity index (χ1n) is 15.1. The Morgan fingerprint density at radius 2 is 1.16 bits per heavy atom. The van der Waals surface area contributed by atoms with Crippen LogP contribution < -0.4 is 0 Å². The molecule has 4 nitrogen and oxygen atoms in total. The van der Waals surface area contributed by atoms with Gasteiger partial charge in [-0.2, -0.15) is 0 Å². The SMILES string of the molecule is c1ccc2nc(-n3c4ccc5cccc6oc7cccc8ccc3c(c87)c4c56)c(-c3ccc4sc5ccccc5c4c3)nc2c1. The Hall–Kier alpha value is -5.78. The van der Waals surface area contributed by atoms with Crippen LogP contribution in [0.25, 0.3) is 103 Å². The molecule has 0 atom stereocenters. The Balaban J connectivity index is 1.34. The van der Waals surface area contributed by atoms with Crippen molar-refractivity contribution in [2.24, 2.45) is 0 Å². The van der Waals surface area contributed by atoms with E-state index >= 15 is 0 Å². The third-order valence-corrected chi connectivity index (χ3v) is 10.5. The van der Waals surface area contributed by atoms with Gasteiger partial charge in [0.1, 0.15) is 16.9 Å². The smallest absolute Gasteiger partial charge is 0.165 e. The van der Waals surface area contributed by atoms with Gasteiger partial charge in [0.15, 0.2) is 5.82 Å². The molecule has 0 saturated carbocycles. The van der Waals surface area contributed by atoms with Crippen LogP contribution in [0, 0.1) is 0 Å². The molecule has 208 valence electrons. The summed E-state index contributed by atoms with van der Waals surface area (Å²) in [5.41, 5.74) is 7.58. The van der Waals surface area contributed by atoms with E-state index in [1.165, 1.54) is 30.9 Å². The predicted octanol–water partition coefficient (Wildman–Crippen LogP) is 11.3. The van der Waals surface area contributed by atoms with Gasteiger partial charge in [0.25, 0.3) is 0 Å². The van der Waals surface area contributed by atoms with Crippen molar-refractivity contribution in [3.05, 3.63) is 127 Å². The van der Waals surface area contributed by atoms with E-state index < -0.39 is 0 Å². The zero-order valence-corrected chi connectivity index (χ0v) is 24.6. The summed E-state index contributed by atoms with van der Waals surface area (Å²) in [4.78, 5) is 10.7. The Morgan fingerprint density at radius 3 is 1.89 bits per heavy atom. The summed E-state index contributed by atoms with van der Waals surface area (Å²) in [6.07, 6.45) is 0. The van der Waals surface area contributed by atoms with Gasteiger partial charge in [-0.1, -0.05) is 72.8 Å². The molecule has 0 saturated heterocycles. The van der Waals surface area contributed by atoms with E-state index in [0.717, 1.165) is 71.9 Å². The molecule has 5 heteroatoms. The van der Waals surface area contributed by atoms with E-state index in [1.54, 1.807) is 0 Å². The maximum Gasteiger partial charge on any atom is 0.165 e. The fraction of sp³-hybridized carbons (Fsp3) is 0. The van der Waals surface area contributed by atoms with Crippen LogP contribution in [0.15, 0.2) is 132 Å². The maximum absolute atomic E-state index is 6.64. The molecule has 45 heavy (non-hydrogen) atoms. The van der Waals surface area contributed by atoms with Gasteiger partial charge >= 0.3 is 0 Å². The highest BCUT2D eigenvalue weighted by Crippen LogP contribution is 2.46. The zero-order chi connectivity index (χ0) is 29.2. The first-order chi connectivity index (χ1) is 22.3. The highest BCUT2D eigenvalue weighted by atomic mass is 32.1. The number of fused-ring (bicyclic) bond motifs is 4. The van der Waals surface area contributed by atoms with Gasteiger partial charge in [-0.25, -0.2) is 9.97 Å². The van der Waals surface area contributed by atoms with Crippen LogP contribution in [0.5, 0.6) is 0 Å². The minimum Gasteiger partial charge on any atom is -0.456 e. The topological polar surface area (TPSA) is 43.9 Å². The summed E-state index contributed by atoms with van der Waals surface area (Å²) >= 11 is 1.83. The van der Waals surface area contributed by atoms with Crippen LogP contribution in [-0.4, -0.2) is 14.5 Å². The first-order valence-corrected chi connectivity index (χ1v) is 15.9. The largest absolute Gasteiger partial charge is 0.456 e. The molecular weight excluding hydrogens is 571 g/mol. The predicted molar refractivity (Wildman–Crippen MR) is 188 cm³/mol. The van der Waals surface area contributed by atoms with E-state index in [-0.39, 0.29) is 0 Å². The number of benzene rings is 7. The lowest BCUT2D eigenvalue weighted by Crippen LogP contribution is -2.03. The number of thiophene rings is 1. The van der Waals surface area contributed by atoms with Crippen LogP contribution in [0.3, 0.4) is 0 Å². The average molecular weight is 592 g/mol. The summed E-state index contributed by atoms with van der Waals surface area (Å²) in [6.45, 7) is 0. The second-order valence-electron chi connectivity index (χ2n) is 11.8. The molecule has 0 unspecified atom stereocenters. The maximum atomic E-state index is 6.64. The number of hydrogen-bond acceptors (Lipinski definition) is 4. The van der Waals surface area contributed by atoms with Crippen molar-refractivity contribution in [3.8, 4) is 17.1 Å². The molecule has 7 aromatic carbocycles. The lowest BCUT2D eigenvalue weighted by Gasteiger charge is -2.14. The molecule has 0 aliphatic rings. The average Bonchev–Trinajstić information content (AvgIpc) is 3.58. The number of hydrogen-bond donors (Lipinski definition) is 0. The lowest BCUT2D eigenvalue weighted by atomic mass is 10.00. The van der Waals surface area contributed by atoms with Crippen molar-refractivity contribution in [1.82, 2.24) is 14.5 Å². The van der Waals surface area contributed by atoms with Crippen molar-refractivity contribution >= 4 is 97.1 Å². The second-order valence-corrected chi connectivity index (χ2v) is 12.8. The molecular formula is C40H21N3OS. The van der Waals surface area contributed by atoms with E-state index in [1.807, 2.05) is 23.5 Å². The van der Waals surface area contributed by atoms with Crippen LogP contribution in [0.1, 0.15) is 0 Å². The van der Waals surface area contributed by atoms with Gasteiger partial charge in [-0.15, -0.1) is 11.3 Å². The molecule has 11 aromatic rings. The molecule has 0 aliphatic heterocycles. The van der Waals surface area contributed by atoms with Crippen molar-refractivity contribution in [1.29, 1.82) is 0 Å². The second kappa shape index (κ2) is 8.44. The van der Waals surface area contributed by atoms with Gasteiger partial charge in [-0.05, 0) is 65.4 Å². The summed E-state index contributed by atoms with van der Waals surface area (Å²) < 4.78 is 11.5. The van der Waals surface area contributed by atoms with Gasteiger partial charge in [0.2, 0.25) is 0 Å². The Morgan fingerprint density at radius 1 is 0.511 bits per heavy atom. The third-order valence-electron chi connectivity index (χ3n) is 9.34. The summed E-state index contributed by atoms with van der Waals surface area (Å²) in [7, 11) is 0. The van der Waals surface area contributed by atoms with Crippen molar-refractivity contribution in [2.75, 3.05) is 0 Å². The summed E-state index contributed by atoms with van der Waals surface area (Å²) in [5, 5.41) is 9.46. The van der Waals surface area contributed by atoms with Crippen LogP contribution in [0.2, 0.25) is 0 Å². The highest BCUT2D eigenvalue weighted by molar-refractivity contribution is 7.25. The van der Waals surface area contributed by atoms with Gasteiger partial charge in [0, 0.05) is 47.3 Å². The minimum atomic E-state index is 0.822. The fourth-order valence-electron chi connectivity index (χ4n) is 7.41. The highest BCUT2D eigenvalue weighted by Gasteiger charge is 2.24. The standard InChI is InChI=1S/C40H21N3OS/c1-4-14-33-25(9-1)26-21-24(17-20-34(26)45-33)39-40(42-28-11-3-2-10-27(28)41-39)43-29-18-15-22-7-5-12-31-35(22)37(29)38-30(43)19-16-23-8-6-13-32(44-31)36(23)38/h1-21H. The lowest BCUT2D eigenvalue weighted by molar-refractivity contribution is 0.664. The van der Waals surface area contributed by atoms with E-state index in [0.29, 0.717) is 0 Å². The van der Waals surface area contributed by atoms with Crippen LogP contribution >= 0.6 is 11.3 Å². The number of rotatable bonds is 2. The molecule has 0 bridgehead atoms. The molecule has 4 heterocycles. The van der Waals surface area contributed by atoms with Crippen LogP contribution in [0.4, 0.5) is 0 Å². The normalized spacial score (nSPS) is 12.4. The molecule has 0 amide bonds. The molecule has 11 rings (SSSR count). The van der Waals surface area contributed by atoms with Gasteiger partial charge in [0.05, 0.1) is 22.1 Å². The molecule has 0 fully saturated rings. The Labute approximate surface area is 259 Å². The fourth-order valence-corrected chi connectivity index (χ4v) is 8.49. The number of nitrogens with zero attached hydrogens (tertiary/aromatic N) is 3. The minimum absolute atomic E-state index is 0.822. The third kappa shape index (κ3) is 3.10. The van der Waals surface area contributed by atoms with E-state index in [9.17, 15) is 0 Å². The Kier molecular flexibility index (Phi) is 4.43. The Bertz CT molecular complexity index is 2900. The molecule has 0 aliphatic carbocycles. The van der Waals surface area contributed by atoms with Gasteiger partial charge < -0.3 is 4.42 Å². The first kappa shape index (κ1) is 23.6. The molecule has 0 spiro atoms. The summed E-state index contributed by atoms with van der Waals surface area (Å²) in [5.74, 6) is 0.822. The monoisotopic (exact) mass is 591 g/mol. The zero-order valence-electron chi connectivity index (χ0n) is 23.8. The van der Waals surface area contributed by atoms with Crippen LogP contribution in [-0.2, 0) is 0 Å². The van der Waals surface area contributed by atoms with Crippen molar-refractivity contribution in [2.45, 2.75) is 0 Å². The summed E-state index contributed by atoms with van der Waals surface area (Å²) in [6, 6.07) is 45.0. The molecule has 4 aromatic heterocycles. The number of para-hydroxylation sites is 2. The van der Waals surface area contributed by atoms with Crippen molar-refractivity contribution < 1.29 is 4.42 Å². The molecule has 0 N–H and O–H groups in total. The van der Waals surface area contributed by atoms with Crippen molar-refractivity contribution in [3.63, 3.8) is 0 Å². The van der Waals surface area contributed by atoms with E-state index in [2.05, 4.69) is 120 Å².